The van der Waals surface area contributed by atoms with Gasteiger partial charge in [-0.3, -0.25) is 9.98 Å². The molecule has 2 rings (SSSR count). The molecule has 0 aliphatic heterocycles. The fourth-order valence-electron chi connectivity index (χ4n) is 2.34. The van der Waals surface area contributed by atoms with Crippen molar-refractivity contribution in [2.24, 2.45) is 4.99 Å². The first kappa shape index (κ1) is 20.4. The molecule has 130 valence electrons. The topological polar surface area (TPSA) is 49.3 Å². The zero-order valence-electron chi connectivity index (χ0n) is 14.6. The van der Waals surface area contributed by atoms with Gasteiger partial charge in [0.1, 0.15) is 0 Å². The van der Waals surface area contributed by atoms with E-state index in [2.05, 4.69) is 57.9 Å². The van der Waals surface area contributed by atoms with Gasteiger partial charge in [-0.25, -0.2) is 0 Å². The average molecular weight is 438 g/mol. The van der Waals surface area contributed by atoms with Crippen LogP contribution in [0.25, 0.3) is 0 Å². The van der Waals surface area contributed by atoms with E-state index in [9.17, 15) is 0 Å². The molecule has 0 fully saturated rings. The Balaban J connectivity index is 0.00000288. The smallest absolute Gasteiger partial charge is 0.191 e. The Morgan fingerprint density at radius 2 is 1.88 bits per heavy atom. The van der Waals surface area contributed by atoms with Crippen LogP contribution in [-0.2, 0) is 6.42 Å². The highest BCUT2D eigenvalue weighted by atomic mass is 127. The fraction of sp³-hybridized carbons (Fsp3) is 0.368. The Kier molecular flexibility index (Phi) is 9.37. The molecule has 0 saturated carbocycles. The number of pyridine rings is 1. The number of nitrogens with one attached hydrogen (secondary N) is 2. The average Bonchev–Trinajstić information content (AvgIpc) is 2.60. The molecule has 5 heteroatoms. The van der Waals surface area contributed by atoms with Crippen molar-refractivity contribution < 1.29 is 0 Å². The van der Waals surface area contributed by atoms with E-state index >= 15 is 0 Å². The zero-order chi connectivity index (χ0) is 16.5. The molecule has 24 heavy (non-hydrogen) atoms. The molecule has 2 N–H and O–H groups in total. The minimum Gasteiger partial charge on any atom is -0.356 e. The number of halogens is 1. The van der Waals surface area contributed by atoms with Gasteiger partial charge in [0.05, 0.1) is 0 Å². The van der Waals surface area contributed by atoms with Crippen LogP contribution >= 0.6 is 24.0 Å². The summed E-state index contributed by atoms with van der Waals surface area (Å²) in [6, 6.07) is 14.7. The maximum atomic E-state index is 4.32. The van der Waals surface area contributed by atoms with Crippen LogP contribution in [0.4, 0.5) is 0 Å². The van der Waals surface area contributed by atoms with E-state index in [1.807, 2.05) is 25.3 Å². The molecule has 0 bridgehead atoms. The normalized spacial score (nSPS) is 12.2. The van der Waals surface area contributed by atoms with E-state index in [0.717, 1.165) is 31.2 Å². The first-order valence-electron chi connectivity index (χ1n) is 8.10. The number of hydrogen-bond donors (Lipinski definition) is 2. The third-order valence-corrected chi connectivity index (χ3v) is 3.85. The molecule has 0 aliphatic rings. The van der Waals surface area contributed by atoms with Gasteiger partial charge in [-0.1, -0.05) is 43.3 Å². The summed E-state index contributed by atoms with van der Waals surface area (Å²) in [5, 5.41) is 6.74. The third kappa shape index (κ3) is 6.86. The molecule has 1 atom stereocenters. The summed E-state index contributed by atoms with van der Waals surface area (Å²) in [6.07, 6.45) is 2.87. The summed E-state index contributed by atoms with van der Waals surface area (Å²) in [5.74, 6) is 1.28. The van der Waals surface area contributed by atoms with Crippen LogP contribution in [0.1, 0.15) is 29.7 Å². The Labute approximate surface area is 162 Å². The molecular formula is C19H27IN4. The van der Waals surface area contributed by atoms with Crippen molar-refractivity contribution in [2.45, 2.75) is 26.2 Å². The summed E-state index contributed by atoms with van der Waals surface area (Å²) >= 11 is 0. The fourth-order valence-corrected chi connectivity index (χ4v) is 2.34. The SMILES string of the molecule is CN=C(NCCc1ccc(C)nc1)NCC(C)c1ccccc1.I. The maximum absolute atomic E-state index is 4.32. The van der Waals surface area contributed by atoms with Gasteiger partial charge in [0, 0.05) is 32.0 Å². The highest BCUT2D eigenvalue weighted by molar-refractivity contribution is 14.0. The predicted molar refractivity (Wildman–Crippen MR) is 112 cm³/mol. The van der Waals surface area contributed by atoms with Crippen LogP contribution in [0.3, 0.4) is 0 Å². The Hall–Kier alpha value is -1.63. The molecule has 0 saturated heterocycles. The summed E-state index contributed by atoms with van der Waals surface area (Å²) in [7, 11) is 1.80. The number of aliphatic imine (C=N–C) groups is 1. The standard InChI is InChI=1S/C19H26N4.HI/c1-15(18-7-5-4-6-8-18)13-23-19(20-3)21-12-11-17-10-9-16(2)22-14-17;/h4-10,14-15H,11-13H2,1-3H3,(H2,20,21,23);1H. The van der Waals surface area contributed by atoms with Crippen molar-refractivity contribution in [3.63, 3.8) is 0 Å². The van der Waals surface area contributed by atoms with Crippen molar-refractivity contribution >= 4 is 29.9 Å². The van der Waals surface area contributed by atoms with E-state index in [1.54, 1.807) is 7.05 Å². The largest absolute Gasteiger partial charge is 0.356 e. The number of aryl methyl sites for hydroxylation is 1. The number of aromatic nitrogens is 1. The predicted octanol–water partition coefficient (Wildman–Crippen LogP) is 3.52. The summed E-state index contributed by atoms with van der Waals surface area (Å²) in [5.41, 5.74) is 3.62. The number of benzene rings is 1. The first-order chi connectivity index (χ1) is 11.2. The Morgan fingerprint density at radius 1 is 1.12 bits per heavy atom. The number of hydrogen-bond acceptors (Lipinski definition) is 2. The number of nitrogens with zero attached hydrogens (tertiary/aromatic N) is 2. The van der Waals surface area contributed by atoms with E-state index in [0.29, 0.717) is 5.92 Å². The lowest BCUT2D eigenvalue weighted by molar-refractivity contribution is 0.697. The van der Waals surface area contributed by atoms with Gasteiger partial charge in [0.15, 0.2) is 5.96 Å². The third-order valence-electron chi connectivity index (χ3n) is 3.85. The second-order valence-electron chi connectivity index (χ2n) is 5.75. The quantitative estimate of drug-likeness (QED) is 0.412. The molecular weight excluding hydrogens is 411 g/mol. The molecule has 0 radical (unpaired) electrons. The molecule has 1 unspecified atom stereocenters. The van der Waals surface area contributed by atoms with Crippen molar-refractivity contribution in [1.82, 2.24) is 15.6 Å². The molecule has 0 aliphatic carbocycles. The number of guanidine groups is 1. The van der Waals surface area contributed by atoms with Crippen LogP contribution in [0.15, 0.2) is 53.7 Å². The maximum Gasteiger partial charge on any atom is 0.191 e. The van der Waals surface area contributed by atoms with E-state index < -0.39 is 0 Å². The van der Waals surface area contributed by atoms with Gasteiger partial charge >= 0.3 is 0 Å². The van der Waals surface area contributed by atoms with Crippen LogP contribution in [-0.4, -0.2) is 31.1 Å². The van der Waals surface area contributed by atoms with Crippen LogP contribution in [0.2, 0.25) is 0 Å². The zero-order valence-corrected chi connectivity index (χ0v) is 17.0. The summed E-state index contributed by atoms with van der Waals surface area (Å²) < 4.78 is 0. The minimum absolute atomic E-state index is 0. The van der Waals surface area contributed by atoms with Crippen LogP contribution in [0.5, 0.6) is 0 Å². The van der Waals surface area contributed by atoms with Crippen molar-refractivity contribution in [3.05, 3.63) is 65.5 Å². The second-order valence-corrected chi connectivity index (χ2v) is 5.75. The molecule has 0 spiro atoms. The second kappa shape index (κ2) is 11.0. The summed E-state index contributed by atoms with van der Waals surface area (Å²) in [4.78, 5) is 8.59. The van der Waals surface area contributed by atoms with Gasteiger partial charge in [-0.15, -0.1) is 24.0 Å². The van der Waals surface area contributed by atoms with E-state index in [1.165, 1.54) is 11.1 Å². The molecule has 4 nitrogen and oxygen atoms in total. The lowest BCUT2D eigenvalue weighted by Crippen LogP contribution is -2.39. The van der Waals surface area contributed by atoms with Crippen LogP contribution in [0, 0.1) is 6.92 Å². The Morgan fingerprint density at radius 3 is 2.50 bits per heavy atom. The first-order valence-corrected chi connectivity index (χ1v) is 8.10. The van der Waals surface area contributed by atoms with Crippen molar-refractivity contribution in [2.75, 3.05) is 20.1 Å². The van der Waals surface area contributed by atoms with E-state index in [-0.39, 0.29) is 24.0 Å². The summed E-state index contributed by atoms with van der Waals surface area (Å²) in [6.45, 7) is 5.91. The molecule has 0 amide bonds. The molecule has 1 heterocycles. The lowest BCUT2D eigenvalue weighted by Gasteiger charge is -2.16. The highest BCUT2D eigenvalue weighted by Crippen LogP contribution is 2.12. The molecule has 1 aromatic heterocycles. The van der Waals surface area contributed by atoms with Crippen molar-refractivity contribution in [3.8, 4) is 0 Å². The van der Waals surface area contributed by atoms with Gasteiger partial charge in [-0.2, -0.15) is 0 Å². The van der Waals surface area contributed by atoms with Crippen molar-refractivity contribution in [1.29, 1.82) is 0 Å². The van der Waals surface area contributed by atoms with Crippen LogP contribution < -0.4 is 10.6 Å². The van der Waals surface area contributed by atoms with Gasteiger partial charge in [0.25, 0.3) is 0 Å². The van der Waals surface area contributed by atoms with E-state index in [4.69, 9.17) is 0 Å². The monoisotopic (exact) mass is 438 g/mol. The Bertz CT molecular complexity index is 611. The van der Waals surface area contributed by atoms with Gasteiger partial charge < -0.3 is 10.6 Å². The highest BCUT2D eigenvalue weighted by Gasteiger charge is 2.06. The number of rotatable bonds is 6. The lowest BCUT2D eigenvalue weighted by atomic mass is 10.0. The minimum atomic E-state index is 0. The molecule has 2 aromatic rings. The van der Waals surface area contributed by atoms with Gasteiger partial charge in [-0.05, 0) is 36.5 Å². The van der Waals surface area contributed by atoms with Gasteiger partial charge in [0.2, 0.25) is 0 Å². The molecule has 1 aromatic carbocycles.